The van der Waals surface area contributed by atoms with Gasteiger partial charge < -0.3 is 4.74 Å². The smallest absolute Gasteiger partial charge is 0.190 e. The highest BCUT2D eigenvalue weighted by Gasteiger charge is 2.14. The van der Waals surface area contributed by atoms with Crippen molar-refractivity contribution in [1.29, 1.82) is 5.26 Å². The summed E-state index contributed by atoms with van der Waals surface area (Å²) in [5, 5.41) is 17.0. The molecule has 0 N–H and O–H groups in total. The van der Waals surface area contributed by atoms with Crippen LogP contribution in [0.15, 0.2) is 24.3 Å². The van der Waals surface area contributed by atoms with Gasteiger partial charge in [-0.05, 0) is 18.6 Å². The van der Waals surface area contributed by atoms with Crippen molar-refractivity contribution >= 4 is 0 Å². The van der Waals surface area contributed by atoms with Gasteiger partial charge in [0, 0.05) is 12.1 Å². The number of nitrogens with zero attached hydrogens (tertiary/aromatic N) is 4. The van der Waals surface area contributed by atoms with Crippen LogP contribution in [0.3, 0.4) is 0 Å². The Morgan fingerprint density at radius 3 is 2.94 bits per heavy atom. The average Bonchev–Trinajstić information content (AvgIpc) is 2.82. The average molecular weight is 242 g/mol. The summed E-state index contributed by atoms with van der Waals surface area (Å²) in [4.78, 5) is 0. The molecule has 2 rings (SSSR count). The van der Waals surface area contributed by atoms with E-state index in [1.807, 2.05) is 24.3 Å². The molecular weight excluding hydrogens is 228 g/mol. The molecule has 1 aromatic carbocycles. The van der Waals surface area contributed by atoms with Gasteiger partial charge in [0.25, 0.3) is 0 Å². The van der Waals surface area contributed by atoms with E-state index in [4.69, 9.17) is 10.00 Å². The van der Waals surface area contributed by atoms with E-state index in [1.54, 1.807) is 11.8 Å². The maximum Gasteiger partial charge on any atom is 0.190 e. The number of nitriles is 1. The van der Waals surface area contributed by atoms with Gasteiger partial charge in [-0.1, -0.05) is 24.3 Å². The Morgan fingerprint density at radius 1 is 1.44 bits per heavy atom. The predicted molar refractivity (Wildman–Crippen MR) is 67.0 cm³/mol. The van der Waals surface area contributed by atoms with Crippen LogP contribution < -0.4 is 4.74 Å². The third-order valence-corrected chi connectivity index (χ3v) is 2.62. The van der Waals surface area contributed by atoms with Gasteiger partial charge in [0.15, 0.2) is 5.69 Å². The summed E-state index contributed by atoms with van der Waals surface area (Å²) < 4.78 is 6.95. The first-order valence-corrected chi connectivity index (χ1v) is 5.78. The second-order valence-corrected chi connectivity index (χ2v) is 3.85. The van der Waals surface area contributed by atoms with Gasteiger partial charge >= 0.3 is 0 Å². The molecule has 0 aliphatic heterocycles. The fourth-order valence-corrected chi connectivity index (χ4v) is 1.81. The summed E-state index contributed by atoms with van der Waals surface area (Å²) in [5.41, 5.74) is 1.99. The highest BCUT2D eigenvalue weighted by atomic mass is 16.5. The largest absolute Gasteiger partial charge is 0.497 e. The van der Waals surface area contributed by atoms with E-state index < -0.39 is 0 Å². The van der Waals surface area contributed by atoms with Crippen LogP contribution in [0.5, 0.6) is 5.75 Å². The molecule has 0 spiro atoms. The van der Waals surface area contributed by atoms with Crippen molar-refractivity contribution in [2.24, 2.45) is 0 Å². The summed E-state index contributed by atoms with van der Waals surface area (Å²) in [5.74, 6) is 0.751. The van der Waals surface area contributed by atoms with Crippen LogP contribution in [0.4, 0.5) is 0 Å². The number of ether oxygens (including phenoxy) is 1. The Morgan fingerprint density at radius 2 is 2.28 bits per heavy atom. The molecule has 5 heteroatoms. The summed E-state index contributed by atoms with van der Waals surface area (Å²) in [7, 11) is 1.62. The van der Waals surface area contributed by atoms with E-state index in [9.17, 15) is 0 Å². The third kappa shape index (κ3) is 2.18. The van der Waals surface area contributed by atoms with Crippen LogP contribution in [0.25, 0.3) is 11.3 Å². The minimum Gasteiger partial charge on any atom is -0.497 e. The summed E-state index contributed by atoms with van der Waals surface area (Å²) in [6.45, 7) is 2.80. The molecule has 0 saturated carbocycles. The Hall–Kier alpha value is -2.35. The molecule has 0 unspecified atom stereocenters. The van der Waals surface area contributed by atoms with E-state index in [0.29, 0.717) is 5.69 Å². The van der Waals surface area contributed by atoms with Gasteiger partial charge in [0.2, 0.25) is 0 Å². The zero-order valence-electron chi connectivity index (χ0n) is 10.4. The minimum atomic E-state index is 0.344. The minimum absolute atomic E-state index is 0.344. The number of aryl methyl sites for hydroxylation is 1. The second-order valence-electron chi connectivity index (χ2n) is 3.85. The van der Waals surface area contributed by atoms with Crippen molar-refractivity contribution < 1.29 is 4.74 Å². The van der Waals surface area contributed by atoms with Crippen LogP contribution >= 0.6 is 0 Å². The first kappa shape index (κ1) is 12.1. The molecule has 0 aliphatic carbocycles. The maximum atomic E-state index is 9.09. The van der Waals surface area contributed by atoms with E-state index in [-0.39, 0.29) is 0 Å². The summed E-state index contributed by atoms with van der Waals surface area (Å²) >= 11 is 0. The fraction of sp³-hybridized carbons (Fsp3) is 0.308. The van der Waals surface area contributed by atoms with Gasteiger partial charge in [0.1, 0.15) is 17.5 Å². The Balaban J connectivity index is 2.54. The number of aromatic nitrogens is 3. The van der Waals surface area contributed by atoms with Gasteiger partial charge in [-0.25, -0.2) is 4.68 Å². The lowest BCUT2D eigenvalue weighted by Crippen LogP contribution is -2.02. The third-order valence-electron chi connectivity index (χ3n) is 2.62. The van der Waals surface area contributed by atoms with Crippen molar-refractivity contribution in [3.8, 4) is 23.1 Å². The molecule has 0 bridgehead atoms. The van der Waals surface area contributed by atoms with Crippen LogP contribution in [0.1, 0.15) is 19.0 Å². The van der Waals surface area contributed by atoms with Crippen LogP contribution in [0, 0.1) is 11.3 Å². The van der Waals surface area contributed by atoms with Crippen molar-refractivity contribution in [3.63, 3.8) is 0 Å². The van der Waals surface area contributed by atoms with E-state index >= 15 is 0 Å². The molecule has 0 radical (unpaired) electrons. The van der Waals surface area contributed by atoms with Crippen molar-refractivity contribution in [1.82, 2.24) is 15.0 Å². The van der Waals surface area contributed by atoms with E-state index in [0.717, 1.165) is 30.0 Å². The SMILES string of the molecule is CCCn1nnc(C#N)c1-c1cccc(OC)c1. The lowest BCUT2D eigenvalue weighted by Gasteiger charge is -2.06. The van der Waals surface area contributed by atoms with Gasteiger partial charge in [-0.2, -0.15) is 5.26 Å². The molecule has 2 aromatic rings. The highest BCUT2D eigenvalue weighted by molar-refractivity contribution is 5.66. The van der Waals surface area contributed by atoms with E-state index in [1.165, 1.54) is 0 Å². The number of hydrogen-bond donors (Lipinski definition) is 0. The zero-order chi connectivity index (χ0) is 13.0. The Labute approximate surface area is 106 Å². The summed E-state index contributed by atoms with van der Waals surface area (Å²) in [6, 6.07) is 9.63. The number of rotatable bonds is 4. The fourth-order valence-electron chi connectivity index (χ4n) is 1.81. The lowest BCUT2D eigenvalue weighted by atomic mass is 10.1. The molecule has 18 heavy (non-hydrogen) atoms. The number of methoxy groups -OCH3 is 1. The topological polar surface area (TPSA) is 63.7 Å². The number of hydrogen-bond acceptors (Lipinski definition) is 4. The van der Waals surface area contributed by atoms with Crippen molar-refractivity contribution in [2.45, 2.75) is 19.9 Å². The van der Waals surface area contributed by atoms with Crippen LogP contribution in [-0.2, 0) is 6.54 Å². The maximum absolute atomic E-state index is 9.09. The number of benzene rings is 1. The van der Waals surface area contributed by atoms with Crippen LogP contribution in [0.2, 0.25) is 0 Å². The van der Waals surface area contributed by atoms with Gasteiger partial charge in [-0.15, -0.1) is 5.10 Å². The molecule has 0 aliphatic rings. The lowest BCUT2D eigenvalue weighted by molar-refractivity contribution is 0.415. The van der Waals surface area contributed by atoms with Crippen molar-refractivity contribution in [3.05, 3.63) is 30.0 Å². The first-order valence-electron chi connectivity index (χ1n) is 5.78. The monoisotopic (exact) mass is 242 g/mol. The standard InChI is InChI=1S/C13H14N4O/c1-3-7-17-13(12(9-14)15-16-17)10-5-4-6-11(8-10)18-2/h4-6,8H,3,7H2,1-2H3. The van der Waals surface area contributed by atoms with E-state index in [2.05, 4.69) is 23.3 Å². The molecule has 0 saturated heterocycles. The molecule has 0 atom stereocenters. The van der Waals surface area contributed by atoms with Crippen LogP contribution in [-0.4, -0.2) is 22.1 Å². The molecule has 0 fully saturated rings. The quantitative estimate of drug-likeness (QED) is 0.824. The zero-order valence-corrected chi connectivity index (χ0v) is 10.4. The molecule has 5 nitrogen and oxygen atoms in total. The first-order chi connectivity index (χ1) is 8.80. The Kier molecular flexibility index (Phi) is 3.58. The Bertz CT molecular complexity index is 583. The summed E-state index contributed by atoms with van der Waals surface area (Å²) in [6.07, 6.45) is 0.936. The molecule has 92 valence electrons. The van der Waals surface area contributed by atoms with Gasteiger partial charge in [0.05, 0.1) is 7.11 Å². The van der Waals surface area contributed by atoms with Crippen molar-refractivity contribution in [2.75, 3.05) is 7.11 Å². The predicted octanol–water partition coefficient (Wildman–Crippen LogP) is 2.24. The molecular formula is C13H14N4O. The van der Waals surface area contributed by atoms with Gasteiger partial charge in [-0.3, -0.25) is 0 Å². The molecule has 0 amide bonds. The highest BCUT2D eigenvalue weighted by Crippen LogP contribution is 2.25. The normalized spacial score (nSPS) is 10.1. The second kappa shape index (κ2) is 5.32. The molecule has 1 aromatic heterocycles. The molecule has 1 heterocycles.